The first kappa shape index (κ1) is 23.8. The summed E-state index contributed by atoms with van der Waals surface area (Å²) in [5.74, 6) is 0.356. The molecule has 1 atom stereocenters. The molecule has 1 heterocycles. The van der Waals surface area contributed by atoms with E-state index >= 15 is 0 Å². The summed E-state index contributed by atoms with van der Waals surface area (Å²) >= 11 is 6.06. The maximum absolute atomic E-state index is 14.0. The van der Waals surface area contributed by atoms with Crippen LogP contribution in [0.3, 0.4) is 0 Å². The lowest BCUT2D eigenvalue weighted by Crippen LogP contribution is -2.50. The van der Waals surface area contributed by atoms with Gasteiger partial charge in [-0.15, -0.1) is 0 Å². The number of benzene rings is 2. The van der Waals surface area contributed by atoms with Crippen molar-refractivity contribution in [3.63, 3.8) is 0 Å². The van der Waals surface area contributed by atoms with Gasteiger partial charge in [0.05, 0.1) is 12.8 Å². The van der Waals surface area contributed by atoms with Crippen LogP contribution in [-0.2, 0) is 5.41 Å². The zero-order valence-corrected chi connectivity index (χ0v) is 18.4. The van der Waals surface area contributed by atoms with E-state index in [1.807, 2.05) is 0 Å². The van der Waals surface area contributed by atoms with Crippen LogP contribution in [0.5, 0.6) is 5.75 Å². The summed E-state index contributed by atoms with van der Waals surface area (Å²) in [4.78, 5) is 18.4. The van der Waals surface area contributed by atoms with Crippen molar-refractivity contribution in [3.05, 3.63) is 69.6 Å². The molecule has 2 N–H and O–H groups in total. The van der Waals surface area contributed by atoms with Crippen LogP contribution in [0.1, 0.15) is 25.8 Å². The second-order valence-corrected chi connectivity index (χ2v) is 8.57. The minimum absolute atomic E-state index is 0.134. The molecule has 0 amide bonds. The molecule has 3 rings (SSSR count). The molecule has 1 aromatic heterocycles. The number of nitrogens with one attached hydrogen (secondary N) is 1. The van der Waals surface area contributed by atoms with Gasteiger partial charge in [-0.2, -0.15) is 13.2 Å². The molecular weight excluding hydrogens is 445 g/mol. The number of aliphatic hydroxyl groups is 1. The Balaban J connectivity index is 2.06. The van der Waals surface area contributed by atoms with Crippen LogP contribution >= 0.6 is 11.6 Å². The molecule has 32 heavy (non-hydrogen) atoms. The first-order chi connectivity index (χ1) is 14.9. The summed E-state index contributed by atoms with van der Waals surface area (Å²) in [6.45, 7) is 3.12. The van der Waals surface area contributed by atoms with Gasteiger partial charge in [0.15, 0.2) is 5.60 Å². The van der Waals surface area contributed by atoms with Gasteiger partial charge in [0.25, 0.3) is 5.56 Å². The highest BCUT2D eigenvalue weighted by Crippen LogP contribution is 2.43. The van der Waals surface area contributed by atoms with Crippen LogP contribution in [0.4, 0.5) is 18.9 Å². The molecule has 170 valence electrons. The molecular formula is C23H22ClF3N2O3. The average molecular weight is 467 g/mol. The molecule has 0 bridgehead atoms. The summed E-state index contributed by atoms with van der Waals surface area (Å²) in [7, 11) is 1.41. The molecule has 0 fully saturated rings. The van der Waals surface area contributed by atoms with E-state index in [2.05, 4.69) is 9.98 Å². The van der Waals surface area contributed by atoms with Crippen LogP contribution in [0.15, 0.2) is 58.4 Å². The van der Waals surface area contributed by atoms with Crippen LogP contribution in [0.2, 0.25) is 5.02 Å². The van der Waals surface area contributed by atoms with Gasteiger partial charge in [0.1, 0.15) is 5.75 Å². The van der Waals surface area contributed by atoms with Crippen molar-refractivity contribution >= 4 is 34.3 Å². The minimum Gasteiger partial charge on any atom is -0.496 e. The molecule has 2 aromatic carbocycles. The molecule has 0 aliphatic carbocycles. The van der Waals surface area contributed by atoms with E-state index < -0.39 is 23.6 Å². The highest BCUT2D eigenvalue weighted by molar-refractivity contribution is 6.30. The van der Waals surface area contributed by atoms with E-state index in [1.165, 1.54) is 43.6 Å². The molecule has 5 nitrogen and oxygen atoms in total. The number of rotatable bonds is 6. The van der Waals surface area contributed by atoms with Gasteiger partial charge in [-0.1, -0.05) is 31.5 Å². The van der Waals surface area contributed by atoms with Gasteiger partial charge in [-0.3, -0.25) is 9.79 Å². The first-order valence-electron chi connectivity index (χ1n) is 9.67. The van der Waals surface area contributed by atoms with E-state index in [0.29, 0.717) is 27.9 Å². The summed E-state index contributed by atoms with van der Waals surface area (Å²) in [5, 5.41) is 11.7. The first-order valence-corrected chi connectivity index (χ1v) is 10.0. The lowest BCUT2D eigenvalue weighted by Gasteiger charge is -2.36. The largest absolute Gasteiger partial charge is 0.496 e. The van der Waals surface area contributed by atoms with Crippen molar-refractivity contribution in [1.29, 1.82) is 0 Å². The Morgan fingerprint density at radius 3 is 2.53 bits per heavy atom. The molecule has 3 aromatic rings. The fraction of sp³-hybridized carbons (Fsp3) is 0.304. The van der Waals surface area contributed by atoms with Gasteiger partial charge in [0, 0.05) is 33.8 Å². The second kappa shape index (κ2) is 8.60. The zero-order chi connectivity index (χ0) is 23.7. The maximum Gasteiger partial charge on any atom is 0.422 e. The van der Waals surface area contributed by atoms with E-state index in [4.69, 9.17) is 16.3 Å². The summed E-state index contributed by atoms with van der Waals surface area (Å²) in [5.41, 5.74) is -4.29. The summed E-state index contributed by atoms with van der Waals surface area (Å²) in [6, 6.07) is 10.7. The average Bonchev–Trinajstić information content (AvgIpc) is 2.71. The lowest BCUT2D eigenvalue weighted by molar-refractivity contribution is -0.234. The summed E-state index contributed by atoms with van der Waals surface area (Å²) < 4.78 is 47.4. The number of hydrogen-bond donors (Lipinski definition) is 2. The maximum atomic E-state index is 14.0. The van der Waals surface area contributed by atoms with Gasteiger partial charge in [-0.05, 0) is 48.2 Å². The Kier molecular flexibility index (Phi) is 6.40. The molecule has 1 unspecified atom stereocenters. The topological polar surface area (TPSA) is 74.7 Å². The van der Waals surface area contributed by atoms with E-state index in [-0.39, 0.29) is 16.6 Å². The van der Waals surface area contributed by atoms with Crippen molar-refractivity contribution in [1.82, 2.24) is 4.98 Å². The molecule has 0 spiro atoms. The van der Waals surface area contributed by atoms with Gasteiger partial charge in [0.2, 0.25) is 0 Å². The predicted molar refractivity (Wildman–Crippen MR) is 119 cm³/mol. The molecule has 0 aliphatic heterocycles. The van der Waals surface area contributed by atoms with Crippen molar-refractivity contribution in [3.8, 4) is 5.75 Å². The van der Waals surface area contributed by atoms with Gasteiger partial charge in [-0.25, -0.2) is 0 Å². The third-order valence-electron chi connectivity index (χ3n) is 5.30. The molecule has 0 radical (unpaired) electrons. The van der Waals surface area contributed by atoms with E-state index in [1.54, 1.807) is 26.0 Å². The highest BCUT2D eigenvalue weighted by atomic mass is 35.5. The Labute approximate surface area is 187 Å². The van der Waals surface area contributed by atoms with Crippen molar-refractivity contribution < 1.29 is 23.0 Å². The van der Waals surface area contributed by atoms with Gasteiger partial charge >= 0.3 is 6.18 Å². The lowest BCUT2D eigenvalue weighted by atomic mass is 9.75. The fourth-order valence-corrected chi connectivity index (χ4v) is 3.86. The number of methoxy groups -OCH3 is 1. The van der Waals surface area contributed by atoms with E-state index in [0.717, 1.165) is 0 Å². The number of pyridine rings is 1. The molecule has 0 saturated carbocycles. The number of fused-ring (bicyclic) bond motifs is 1. The number of nitrogens with zero attached hydrogens (tertiary/aromatic N) is 1. The Morgan fingerprint density at radius 2 is 1.88 bits per heavy atom. The van der Waals surface area contributed by atoms with Crippen LogP contribution in [0, 0.1) is 0 Å². The Morgan fingerprint density at radius 1 is 1.16 bits per heavy atom. The fourth-order valence-electron chi connectivity index (χ4n) is 3.69. The van der Waals surface area contributed by atoms with Crippen LogP contribution in [-0.4, -0.2) is 35.2 Å². The van der Waals surface area contributed by atoms with Crippen molar-refractivity contribution in [2.75, 3.05) is 7.11 Å². The van der Waals surface area contributed by atoms with Crippen LogP contribution in [0.25, 0.3) is 10.8 Å². The van der Waals surface area contributed by atoms with Crippen molar-refractivity contribution in [2.45, 2.75) is 37.5 Å². The quantitative estimate of drug-likeness (QED) is 0.467. The summed E-state index contributed by atoms with van der Waals surface area (Å²) in [6.07, 6.45) is -3.88. The SMILES string of the molecule is COc1ccc(Cl)cc1C(C)(C)CC(O)(C=Nc1cccc2c(=O)[nH]ccc12)C(F)(F)F. The zero-order valence-electron chi connectivity index (χ0n) is 17.6. The number of aromatic nitrogens is 1. The standard InChI is InChI=1S/C23H22ClF3N2O3/c1-21(2,17-11-14(24)7-8-19(17)32-3)12-22(31,23(25,26)27)13-29-18-6-4-5-16-15(18)9-10-28-20(16)30/h4-11,13,31H,12H2,1-3H3,(H,28,30). The Bertz CT molecular complexity index is 1220. The number of H-pyrrole nitrogens is 1. The number of halogens is 4. The Hall–Kier alpha value is -2.84. The monoisotopic (exact) mass is 466 g/mol. The third-order valence-corrected chi connectivity index (χ3v) is 5.54. The van der Waals surface area contributed by atoms with Crippen LogP contribution < -0.4 is 10.3 Å². The number of hydrogen-bond acceptors (Lipinski definition) is 4. The predicted octanol–water partition coefficient (Wildman–Crippen LogP) is 5.55. The number of aromatic amines is 1. The van der Waals surface area contributed by atoms with E-state index in [9.17, 15) is 23.1 Å². The van der Waals surface area contributed by atoms with Gasteiger partial charge < -0.3 is 14.8 Å². The molecule has 9 heteroatoms. The smallest absolute Gasteiger partial charge is 0.422 e. The number of aliphatic imine (C=N–C) groups is 1. The number of ether oxygens (including phenoxy) is 1. The molecule has 0 saturated heterocycles. The minimum atomic E-state index is -5.01. The van der Waals surface area contributed by atoms with Crippen molar-refractivity contribution in [2.24, 2.45) is 4.99 Å². The number of alkyl halides is 3. The second-order valence-electron chi connectivity index (χ2n) is 8.13. The molecule has 0 aliphatic rings. The highest BCUT2D eigenvalue weighted by Gasteiger charge is 2.55. The normalized spacial score (nSPS) is 14.6. The third kappa shape index (κ3) is 4.66.